The van der Waals surface area contributed by atoms with E-state index < -0.39 is 7.82 Å². The third-order valence-corrected chi connectivity index (χ3v) is 7.64. The van der Waals surface area contributed by atoms with E-state index in [2.05, 4.69) is 6.92 Å². The van der Waals surface area contributed by atoms with Crippen LogP contribution in [0.1, 0.15) is 103 Å². The number of ether oxygens (including phenoxy) is 1. The second-order valence-corrected chi connectivity index (χ2v) is 12.6. The van der Waals surface area contributed by atoms with Gasteiger partial charge in [0.25, 0.3) is 0 Å². The van der Waals surface area contributed by atoms with Crippen molar-refractivity contribution in [1.29, 1.82) is 0 Å². The molecule has 0 fully saturated rings. The molecular weight excluding hydrogens is 457 g/mol. The van der Waals surface area contributed by atoms with Gasteiger partial charge in [-0.05, 0) is 18.6 Å². The molecule has 8 heteroatoms. The molecular formula is C25H55NO5PS+. The van der Waals surface area contributed by atoms with Gasteiger partial charge in [0.1, 0.15) is 12.6 Å². The second-order valence-electron chi connectivity index (χ2n) is 10.2. The fourth-order valence-electron chi connectivity index (χ4n) is 3.84. The van der Waals surface area contributed by atoms with Crippen LogP contribution < -0.4 is 0 Å². The summed E-state index contributed by atoms with van der Waals surface area (Å²) in [4.78, 5) is 17.9. The number of hydrogen-bond donors (Lipinski definition) is 2. The van der Waals surface area contributed by atoms with Gasteiger partial charge in [-0.1, -0.05) is 84.0 Å². The van der Waals surface area contributed by atoms with Crippen LogP contribution in [-0.2, 0) is 13.8 Å². The van der Waals surface area contributed by atoms with E-state index in [9.17, 15) is 4.57 Å². The van der Waals surface area contributed by atoms with Crippen LogP contribution in [0.5, 0.6) is 0 Å². The Morgan fingerprint density at radius 3 is 1.76 bits per heavy atom. The number of nitrogens with zero attached hydrogens (tertiary/aromatic N) is 1. The van der Waals surface area contributed by atoms with Gasteiger partial charge in [0.05, 0.1) is 27.7 Å². The molecule has 33 heavy (non-hydrogen) atoms. The van der Waals surface area contributed by atoms with Gasteiger partial charge in [0.2, 0.25) is 0 Å². The third-order valence-electron chi connectivity index (χ3n) is 6.12. The van der Waals surface area contributed by atoms with Gasteiger partial charge < -0.3 is 19.0 Å². The van der Waals surface area contributed by atoms with Crippen LogP contribution in [0.2, 0.25) is 0 Å². The van der Waals surface area contributed by atoms with Crippen molar-refractivity contribution in [2.24, 2.45) is 0 Å². The smallest absolute Gasteiger partial charge is 0.381 e. The fraction of sp³-hybridized carbons (Fsp3) is 1.00. The molecule has 0 aromatic heterocycles. The molecule has 0 bridgehead atoms. The summed E-state index contributed by atoms with van der Waals surface area (Å²) in [5.41, 5.74) is 0. The van der Waals surface area contributed by atoms with E-state index in [1.807, 2.05) is 32.9 Å². The van der Waals surface area contributed by atoms with Gasteiger partial charge in [0, 0.05) is 18.8 Å². The molecule has 0 heterocycles. The van der Waals surface area contributed by atoms with E-state index >= 15 is 0 Å². The molecule has 1 unspecified atom stereocenters. The summed E-state index contributed by atoms with van der Waals surface area (Å²) in [6.45, 7) is 3.80. The Balaban J connectivity index is 3.40. The lowest BCUT2D eigenvalue weighted by Crippen LogP contribution is -2.47. The van der Waals surface area contributed by atoms with Crippen molar-refractivity contribution in [1.82, 2.24) is 0 Å². The van der Waals surface area contributed by atoms with Crippen LogP contribution in [0.3, 0.4) is 0 Å². The maximum absolute atomic E-state index is 11.0. The van der Waals surface area contributed by atoms with E-state index in [1.165, 1.54) is 89.2 Å². The Bertz CT molecular complexity index is 470. The molecule has 0 aliphatic carbocycles. The molecule has 1 atom stereocenters. The first-order chi connectivity index (χ1) is 15.7. The predicted octanol–water partition coefficient (Wildman–Crippen LogP) is 6.79. The first-order valence-corrected chi connectivity index (χ1v) is 16.0. The van der Waals surface area contributed by atoms with E-state index in [4.69, 9.17) is 19.0 Å². The minimum Gasteiger partial charge on any atom is -0.381 e. The molecule has 200 valence electrons. The lowest BCUT2D eigenvalue weighted by Gasteiger charge is -2.34. The number of unbranched alkanes of at least 4 members (excludes halogenated alkanes) is 12. The van der Waals surface area contributed by atoms with Crippen molar-refractivity contribution < 1.29 is 28.1 Å². The zero-order chi connectivity index (χ0) is 24.8. The van der Waals surface area contributed by atoms with Gasteiger partial charge in [-0.25, -0.2) is 4.57 Å². The SMILES string of the molecule is CCCCCCCCCCCCCCCSCCOCCCC(COP(=O)(O)O)[N+](C)(C)C. The highest BCUT2D eigenvalue weighted by atomic mass is 32.2. The molecule has 0 spiro atoms. The van der Waals surface area contributed by atoms with Gasteiger partial charge in [-0.3, -0.25) is 4.52 Å². The Morgan fingerprint density at radius 2 is 1.27 bits per heavy atom. The van der Waals surface area contributed by atoms with Gasteiger partial charge in [-0.2, -0.15) is 11.8 Å². The Labute approximate surface area is 209 Å². The maximum Gasteiger partial charge on any atom is 0.469 e. The van der Waals surface area contributed by atoms with E-state index in [0.717, 1.165) is 25.2 Å². The summed E-state index contributed by atoms with van der Waals surface area (Å²) < 4.78 is 22.0. The molecule has 0 aliphatic heterocycles. The summed E-state index contributed by atoms with van der Waals surface area (Å²) in [5.74, 6) is 2.27. The molecule has 0 aromatic rings. The van der Waals surface area contributed by atoms with E-state index in [0.29, 0.717) is 11.1 Å². The first kappa shape index (κ1) is 33.4. The van der Waals surface area contributed by atoms with Crippen LogP contribution in [-0.4, -0.2) is 72.8 Å². The highest BCUT2D eigenvalue weighted by molar-refractivity contribution is 7.99. The van der Waals surface area contributed by atoms with Gasteiger partial charge in [0.15, 0.2) is 0 Å². The highest BCUT2D eigenvalue weighted by Crippen LogP contribution is 2.36. The molecule has 0 amide bonds. The average Bonchev–Trinajstić information content (AvgIpc) is 2.72. The number of thioether (sulfide) groups is 1. The maximum atomic E-state index is 11.0. The van der Waals surface area contributed by atoms with Crippen molar-refractivity contribution >= 4 is 19.6 Å². The fourth-order valence-corrected chi connectivity index (χ4v) is 5.06. The number of likely N-dealkylation sites (N-methyl/N-ethyl adjacent to an activating group) is 1. The van der Waals surface area contributed by atoms with Crippen LogP contribution >= 0.6 is 19.6 Å². The van der Waals surface area contributed by atoms with Crippen LogP contribution in [0.25, 0.3) is 0 Å². The van der Waals surface area contributed by atoms with Gasteiger partial charge in [-0.15, -0.1) is 0 Å². The van der Waals surface area contributed by atoms with Crippen LogP contribution in [0.4, 0.5) is 0 Å². The summed E-state index contributed by atoms with van der Waals surface area (Å²) in [5, 5.41) is 0. The number of quaternary nitrogens is 1. The standard InChI is InChI=1S/C25H54NO5PS/c1-5-6-7-8-9-10-11-12-13-14-15-16-17-22-33-23-21-30-20-18-19-25(26(2,3)4)24-31-32(27,28)29/h25H,5-24H2,1-4H3,(H-,27,28,29)/p+1. The Hall–Kier alpha value is 0.380. The number of phosphoric ester groups is 1. The van der Waals surface area contributed by atoms with Crippen LogP contribution in [0, 0.1) is 0 Å². The minimum absolute atomic E-state index is 0.0335. The summed E-state index contributed by atoms with van der Waals surface area (Å²) in [7, 11) is 1.63. The Morgan fingerprint density at radius 1 is 0.758 bits per heavy atom. The van der Waals surface area contributed by atoms with Crippen molar-refractivity contribution in [2.75, 3.05) is 52.5 Å². The second kappa shape index (κ2) is 21.6. The lowest BCUT2D eigenvalue weighted by molar-refractivity contribution is -0.896. The van der Waals surface area contributed by atoms with E-state index in [1.54, 1.807) is 0 Å². The molecule has 0 saturated heterocycles. The zero-order valence-corrected chi connectivity index (χ0v) is 23.9. The highest BCUT2D eigenvalue weighted by Gasteiger charge is 2.27. The number of phosphoric acid groups is 1. The van der Waals surface area contributed by atoms with Crippen molar-refractivity contribution in [3.05, 3.63) is 0 Å². The molecule has 0 aromatic carbocycles. The quantitative estimate of drug-likeness (QED) is 0.0797. The summed E-state index contributed by atoms with van der Waals surface area (Å²) in [6.07, 6.45) is 19.9. The number of rotatable bonds is 25. The summed E-state index contributed by atoms with van der Waals surface area (Å²) >= 11 is 1.98. The average molecular weight is 513 g/mol. The van der Waals surface area contributed by atoms with Crippen molar-refractivity contribution in [3.8, 4) is 0 Å². The van der Waals surface area contributed by atoms with Gasteiger partial charge >= 0.3 is 7.82 Å². The molecule has 0 aliphatic rings. The Kier molecular flexibility index (Phi) is 21.9. The van der Waals surface area contributed by atoms with Crippen molar-refractivity contribution in [3.63, 3.8) is 0 Å². The van der Waals surface area contributed by atoms with Crippen molar-refractivity contribution in [2.45, 2.75) is 109 Å². The molecule has 0 saturated carbocycles. The molecule has 0 rings (SSSR count). The molecule has 2 N–H and O–H groups in total. The number of hydrogen-bond acceptors (Lipinski definition) is 4. The normalized spacial score (nSPS) is 13.5. The summed E-state index contributed by atoms with van der Waals surface area (Å²) in [6, 6.07) is 0.0335. The monoisotopic (exact) mass is 512 g/mol. The topological polar surface area (TPSA) is 76.0 Å². The minimum atomic E-state index is -4.41. The largest absolute Gasteiger partial charge is 0.469 e. The predicted molar refractivity (Wildman–Crippen MR) is 143 cm³/mol. The van der Waals surface area contributed by atoms with E-state index in [-0.39, 0.29) is 12.6 Å². The van der Waals surface area contributed by atoms with Crippen LogP contribution in [0.15, 0.2) is 0 Å². The molecule has 0 radical (unpaired) electrons. The lowest BCUT2D eigenvalue weighted by atomic mass is 10.1. The first-order valence-electron chi connectivity index (χ1n) is 13.3. The zero-order valence-electron chi connectivity index (χ0n) is 22.1. The third kappa shape index (κ3) is 25.3. The molecule has 6 nitrogen and oxygen atoms in total.